The van der Waals surface area contributed by atoms with Gasteiger partial charge in [0.05, 0.1) is 0 Å². The van der Waals surface area contributed by atoms with Crippen LogP contribution in [0.3, 0.4) is 0 Å². The fraction of sp³-hybridized carbons (Fsp3) is 0.600. The lowest BCUT2D eigenvalue weighted by atomic mass is 10.1. The van der Waals surface area contributed by atoms with Crippen LogP contribution in [0.4, 0.5) is 0 Å². The van der Waals surface area contributed by atoms with Crippen molar-refractivity contribution in [1.82, 2.24) is 10.6 Å². The molecule has 0 aromatic carbocycles. The molecule has 0 aromatic rings. The topological polar surface area (TPSA) is 139 Å². The number of nitrogens with one attached hydrogen (secondary N) is 2. The molecule has 0 saturated carbocycles. The van der Waals surface area contributed by atoms with Gasteiger partial charge in [0.15, 0.2) is 0 Å². The Kier molecular flexibility index (Phi) is 16.5. The minimum atomic E-state index is -1.16. The van der Waals surface area contributed by atoms with Crippen LogP contribution >= 0.6 is 11.8 Å². The largest absolute Gasteiger partial charge is 0.480 e. The first-order valence-electron chi connectivity index (χ1n) is 11.5. The molecule has 9 heteroatoms. The van der Waals surface area contributed by atoms with Gasteiger partial charge in [0, 0.05) is 24.9 Å². The van der Waals surface area contributed by atoms with Crippen LogP contribution in [-0.4, -0.2) is 52.4 Å². The van der Waals surface area contributed by atoms with E-state index in [4.69, 9.17) is 5.73 Å². The average molecular weight is 496 g/mol. The predicted octanol–water partition coefficient (Wildman–Crippen LogP) is 3.48. The van der Waals surface area contributed by atoms with E-state index in [1.807, 2.05) is 0 Å². The van der Waals surface area contributed by atoms with E-state index in [0.717, 1.165) is 25.7 Å². The minimum absolute atomic E-state index is 0.00499. The van der Waals surface area contributed by atoms with Crippen LogP contribution in [0.5, 0.6) is 0 Å². The molecule has 0 unspecified atom stereocenters. The van der Waals surface area contributed by atoms with E-state index in [1.165, 1.54) is 35.4 Å². The maximum atomic E-state index is 12.4. The van der Waals surface area contributed by atoms with Crippen molar-refractivity contribution in [3.63, 3.8) is 0 Å². The lowest BCUT2D eigenvalue weighted by molar-refractivity contribution is -0.141. The highest BCUT2D eigenvalue weighted by atomic mass is 32.2. The predicted molar refractivity (Wildman–Crippen MR) is 138 cm³/mol. The summed E-state index contributed by atoms with van der Waals surface area (Å²) in [6.45, 7) is 9.66. The molecule has 0 aliphatic carbocycles. The molecule has 3 amide bonds. The van der Waals surface area contributed by atoms with Crippen LogP contribution in [0.2, 0.25) is 0 Å². The Labute approximate surface area is 207 Å². The molecule has 0 heterocycles. The van der Waals surface area contributed by atoms with Crippen molar-refractivity contribution in [1.29, 1.82) is 0 Å². The van der Waals surface area contributed by atoms with Crippen molar-refractivity contribution >= 4 is 35.5 Å². The molecular weight excluding hydrogens is 454 g/mol. The zero-order chi connectivity index (χ0) is 26.1. The van der Waals surface area contributed by atoms with Crippen LogP contribution in [0.15, 0.2) is 34.9 Å². The number of rotatable bonds is 17. The van der Waals surface area contributed by atoms with E-state index in [9.17, 15) is 24.3 Å². The number of carbonyl (C=O) groups excluding carboxylic acids is 3. The van der Waals surface area contributed by atoms with Gasteiger partial charge in [-0.25, -0.2) is 4.79 Å². The van der Waals surface area contributed by atoms with Crippen LogP contribution in [0.25, 0.3) is 0 Å². The van der Waals surface area contributed by atoms with Gasteiger partial charge in [0.2, 0.25) is 17.7 Å². The number of carboxylic acid groups (broad SMARTS) is 1. The fourth-order valence-electron chi connectivity index (χ4n) is 2.97. The third kappa shape index (κ3) is 17.0. The number of aliphatic carboxylic acids is 1. The first-order valence-corrected chi connectivity index (χ1v) is 12.7. The van der Waals surface area contributed by atoms with Crippen molar-refractivity contribution in [2.24, 2.45) is 5.73 Å². The molecule has 0 rings (SSSR count). The second-order valence-electron chi connectivity index (χ2n) is 8.65. The Morgan fingerprint density at radius 3 is 1.97 bits per heavy atom. The summed E-state index contributed by atoms with van der Waals surface area (Å²) in [6.07, 6.45) is 10.5. The molecule has 0 aromatic heterocycles. The number of carboxylic acids is 1. The van der Waals surface area contributed by atoms with E-state index in [0.29, 0.717) is 5.75 Å². The molecule has 0 saturated heterocycles. The van der Waals surface area contributed by atoms with Crippen LogP contribution in [-0.2, 0) is 19.2 Å². The van der Waals surface area contributed by atoms with E-state index < -0.39 is 35.8 Å². The van der Waals surface area contributed by atoms with Gasteiger partial charge >= 0.3 is 5.97 Å². The molecule has 0 fully saturated rings. The Bertz CT molecular complexity index is 785. The highest BCUT2D eigenvalue weighted by Crippen LogP contribution is 2.13. The lowest BCUT2D eigenvalue weighted by Crippen LogP contribution is -2.52. The molecule has 0 aliphatic heterocycles. The fourth-order valence-corrected chi connectivity index (χ4v) is 3.97. The summed E-state index contributed by atoms with van der Waals surface area (Å²) in [4.78, 5) is 46.4. The van der Waals surface area contributed by atoms with Gasteiger partial charge in [-0.1, -0.05) is 34.9 Å². The van der Waals surface area contributed by atoms with Crippen LogP contribution < -0.4 is 16.4 Å². The summed E-state index contributed by atoms with van der Waals surface area (Å²) in [5, 5.41) is 14.3. The van der Waals surface area contributed by atoms with Crippen LogP contribution in [0.1, 0.15) is 73.1 Å². The van der Waals surface area contributed by atoms with Gasteiger partial charge in [-0.3, -0.25) is 14.4 Å². The monoisotopic (exact) mass is 495 g/mol. The smallest absolute Gasteiger partial charge is 0.327 e. The van der Waals surface area contributed by atoms with Crippen molar-refractivity contribution in [2.45, 2.75) is 85.2 Å². The quantitative estimate of drug-likeness (QED) is 0.180. The molecule has 5 N–H and O–H groups in total. The lowest BCUT2D eigenvalue weighted by Gasteiger charge is -2.20. The van der Waals surface area contributed by atoms with Gasteiger partial charge in [0.1, 0.15) is 12.1 Å². The van der Waals surface area contributed by atoms with E-state index >= 15 is 0 Å². The van der Waals surface area contributed by atoms with Crippen molar-refractivity contribution in [3.8, 4) is 0 Å². The Hall–Kier alpha value is -2.55. The number of amides is 3. The van der Waals surface area contributed by atoms with E-state index in [2.05, 4.69) is 56.6 Å². The Balaban J connectivity index is 4.59. The van der Waals surface area contributed by atoms with Gasteiger partial charge in [-0.15, -0.1) is 0 Å². The summed E-state index contributed by atoms with van der Waals surface area (Å²) < 4.78 is 0. The average Bonchev–Trinajstić information content (AvgIpc) is 2.72. The van der Waals surface area contributed by atoms with Gasteiger partial charge in [-0.05, 0) is 59.8 Å². The second kappa shape index (κ2) is 17.9. The summed E-state index contributed by atoms with van der Waals surface area (Å²) in [5.41, 5.74) is 9.06. The first kappa shape index (κ1) is 31.4. The van der Waals surface area contributed by atoms with Gasteiger partial charge in [-0.2, -0.15) is 11.8 Å². The van der Waals surface area contributed by atoms with Crippen molar-refractivity contribution < 1.29 is 24.3 Å². The number of carbonyl (C=O) groups is 4. The van der Waals surface area contributed by atoms with Gasteiger partial charge < -0.3 is 21.5 Å². The summed E-state index contributed by atoms with van der Waals surface area (Å²) in [7, 11) is 0. The standard InChI is InChI=1S/C25H41N3O5S/c1-17(2)8-6-9-18(3)10-7-11-19(4)14-15-34-16-22(25(32)33)28-24(31)21(27-20(5)29)12-13-23(26)30/h8,10,14,21-22H,6-7,9,11-13,15-16H2,1-5H3,(H2,26,30)(H,27,29)(H,28,31)(H,32,33)/b18-10+,19-14+/t21-,22-/m1/s1. The number of thioether (sulfide) groups is 1. The highest BCUT2D eigenvalue weighted by molar-refractivity contribution is 7.99. The zero-order valence-corrected chi connectivity index (χ0v) is 21.9. The molecule has 0 radical (unpaired) electrons. The molecule has 0 aliphatic rings. The molecule has 2 atom stereocenters. The van der Waals surface area contributed by atoms with Crippen molar-refractivity contribution in [3.05, 3.63) is 34.9 Å². The Morgan fingerprint density at radius 1 is 0.853 bits per heavy atom. The number of allylic oxidation sites excluding steroid dienone is 5. The zero-order valence-electron chi connectivity index (χ0n) is 21.1. The number of nitrogens with two attached hydrogens (primary N) is 1. The normalized spacial score (nSPS) is 13.6. The van der Waals surface area contributed by atoms with Crippen LogP contribution in [0, 0.1) is 0 Å². The summed E-state index contributed by atoms with van der Waals surface area (Å²) in [6, 6.07) is -2.13. The highest BCUT2D eigenvalue weighted by Gasteiger charge is 2.26. The third-order valence-electron chi connectivity index (χ3n) is 4.94. The summed E-state index contributed by atoms with van der Waals surface area (Å²) in [5.74, 6) is -2.06. The maximum Gasteiger partial charge on any atom is 0.327 e. The Morgan fingerprint density at radius 2 is 1.44 bits per heavy atom. The third-order valence-corrected chi connectivity index (χ3v) is 5.92. The molecule has 192 valence electrons. The molecule has 0 bridgehead atoms. The number of primary amides is 1. The molecule has 8 nitrogen and oxygen atoms in total. The van der Waals surface area contributed by atoms with Crippen molar-refractivity contribution in [2.75, 3.05) is 11.5 Å². The van der Waals surface area contributed by atoms with E-state index in [1.54, 1.807) is 0 Å². The maximum absolute atomic E-state index is 12.4. The number of hydrogen-bond donors (Lipinski definition) is 4. The second-order valence-corrected chi connectivity index (χ2v) is 9.73. The number of hydrogen-bond acceptors (Lipinski definition) is 5. The van der Waals surface area contributed by atoms with Gasteiger partial charge in [0.25, 0.3) is 0 Å². The molecule has 34 heavy (non-hydrogen) atoms. The SMILES string of the molecule is CC(=O)N[C@H](CCC(N)=O)C(=O)N[C@H](CSC/C=C(\C)CC/C=C(\C)CCC=C(C)C)C(=O)O. The first-order chi connectivity index (χ1) is 15.9. The summed E-state index contributed by atoms with van der Waals surface area (Å²) >= 11 is 1.40. The minimum Gasteiger partial charge on any atom is -0.480 e. The van der Waals surface area contributed by atoms with E-state index in [-0.39, 0.29) is 18.6 Å². The molecule has 0 spiro atoms. The molecular formula is C25H41N3O5S.